The van der Waals surface area contributed by atoms with Gasteiger partial charge in [0.25, 0.3) is 0 Å². The molecule has 0 saturated carbocycles. The van der Waals surface area contributed by atoms with E-state index >= 15 is 0 Å². The van der Waals surface area contributed by atoms with E-state index in [-0.39, 0.29) is 0 Å². The number of hydrogen-bond donors (Lipinski definition) is 0. The Balaban J connectivity index is 1.17. The molecule has 0 aliphatic heterocycles. The first-order valence-corrected chi connectivity index (χ1v) is 19.1. The van der Waals surface area contributed by atoms with Crippen molar-refractivity contribution >= 4 is 102 Å². The minimum Gasteiger partial charge on any atom is -0.456 e. The van der Waals surface area contributed by atoms with E-state index in [4.69, 9.17) is 4.42 Å². The van der Waals surface area contributed by atoms with Crippen molar-refractivity contribution < 1.29 is 4.42 Å². The van der Waals surface area contributed by atoms with Crippen LogP contribution in [0.1, 0.15) is 0 Å². The summed E-state index contributed by atoms with van der Waals surface area (Å²) in [5.74, 6) is 0. The molecule has 3 aromatic heterocycles. The first-order valence-electron chi connectivity index (χ1n) is 17.5. The number of benzene rings is 8. The van der Waals surface area contributed by atoms with Crippen LogP contribution in [0.15, 0.2) is 180 Å². The van der Waals surface area contributed by atoms with Gasteiger partial charge in [-0.3, -0.25) is 0 Å². The van der Waals surface area contributed by atoms with Gasteiger partial charge in [0.1, 0.15) is 11.2 Å². The highest BCUT2D eigenvalue weighted by Crippen LogP contribution is 2.49. The first kappa shape index (κ1) is 29.5. The highest BCUT2D eigenvalue weighted by molar-refractivity contribution is 7.27. The molecule has 52 heavy (non-hydrogen) atoms. The van der Waals surface area contributed by atoms with Gasteiger partial charge in [-0.05, 0) is 82.9 Å². The zero-order valence-corrected chi connectivity index (χ0v) is 29.5. The van der Waals surface area contributed by atoms with E-state index in [1.54, 1.807) is 0 Å². The van der Waals surface area contributed by atoms with Crippen molar-refractivity contribution in [1.82, 2.24) is 0 Å². The molecule has 0 fully saturated rings. The second kappa shape index (κ2) is 11.7. The van der Waals surface area contributed by atoms with Gasteiger partial charge in [0.15, 0.2) is 0 Å². The minimum atomic E-state index is 0.885. The molecule has 0 unspecified atom stereocenters. The summed E-state index contributed by atoms with van der Waals surface area (Å²) in [6.45, 7) is 0. The van der Waals surface area contributed by atoms with Crippen LogP contribution in [-0.4, -0.2) is 0 Å². The van der Waals surface area contributed by atoms with Crippen molar-refractivity contribution in [3.8, 4) is 22.3 Å². The van der Waals surface area contributed by atoms with Crippen molar-refractivity contribution in [2.24, 2.45) is 0 Å². The van der Waals surface area contributed by atoms with Crippen LogP contribution in [-0.2, 0) is 0 Å². The Labute approximate surface area is 308 Å². The van der Waals surface area contributed by atoms with Gasteiger partial charge < -0.3 is 9.32 Å². The summed E-state index contributed by atoms with van der Waals surface area (Å²) in [6, 6.07) is 63.7. The molecular weight excluding hydrogens is 671 g/mol. The fourth-order valence-electron chi connectivity index (χ4n) is 7.82. The van der Waals surface area contributed by atoms with Gasteiger partial charge in [0.2, 0.25) is 0 Å². The predicted octanol–water partition coefficient (Wildman–Crippen LogP) is 15.1. The Bertz CT molecular complexity index is 3130. The average Bonchev–Trinajstić information content (AvgIpc) is 3.90. The molecular formula is C48H29NOS2. The number of anilines is 3. The highest BCUT2D eigenvalue weighted by atomic mass is 32.1. The van der Waals surface area contributed by atoms with Crippen LogP contribution in [0.3, 0.4) is 0 Å². The molecule has 3 heterocycles. The fourth-order valence-corrected chi connectivity index (χ4v) is 10.2. The molecule has 8 aromatic carbocycles. The van der Waals surface area contributed by atoms with E-state index in [2.05, 4.69) is 181 Å². The van der Waals surface area contributed by atoms with Crippen LogP contribution in [0.4, 0.5) is 17.1 Å². The maximum atomic E-state index is 6.44. The molecule has 0 amide bonds. The third-order valence-electron chi connectivity index (χ3n) is 10.3. The Morgan fingerprint density at radius 2 is 0.981 bits per heavy atom. The van der Waals surface area contributed by atoms with E-state index in [0.29, 0.717) is 0 Å². The molecule has 0 aliphatic carbocycles. The molecule has 244 valence electrons. The fraction of sp³-hybridized carbons (Fsp3) is 0. The van der Waals surface area contributed by atoms with Gasteiger partial charge in [-0.25, -0.2) is 0 Å². The number of hydrogen-bond acceptors (Lipinski definition) is 4. The topological polar surface area (TPSA) is 16.4 Å². The molecule has 0 radical (unpaired) electrons. The van der Waals surface area contributed by atoms with Gasteiger partial charge in [-0.15, -0.1) is 22.7 Å². The van der Waals surface area contributed by atoms with Crippen molar-refractivity contribution in [2.75, 3.05) is 4.90 Å². The standard InChI is InChI=1S/C48H29NOS2/c1-3-11-30(12-4-1)32-21-24-43-39(27-32)40-28-33(22-25-44(40)50-43)49(34-23-26-46-41(29-34)36-15-7-8-20-45(36)51-46)42-19-10-18-38-37-17-9-16-35(47(37)52-48(38)42)31-13-5-2-6-14-31/h1-29H. The van der Waals surface area contributed by atoms with Crippen molar-refractivity contribution in [2.45, 2.75) is 0 Å². The largest absolute Gasteiger partial charge is 0.456 e. The van der Waals surface area contributed by atoms with E-state index in [1.165, 1.54) is 62.6 Å². The van der Waals surface area contributed by atoms with Crippen LogP contribution in [0.2, 0.25) is 0 Å². The lowest BCUT2D eigenvalue weighted by molar-refractivity contribution is 0.669. The first-order chi connectivity index (χ1) is 25.8. The Hall–Kier alpha value is -6.20. The second-order valence-electron chi connectivity index (χ2n) is 13.3. The lowest BCUT2D eigenvalue weighted by Gasteiger charge is -2.26. The van der Waals surface area contributed by atoms with Crippen LogP contribution < -0.4 is 4.90 Å². The lowest BCUT2D eigenvalue weighted by Crippen LogP contribution is -2.10. The second-order valence-corrected chi connectivity index (χ2v) is 15.4. The van der Waals surface area contributed by atoms with Gasteiger partial charge in [0.05, 0.1) is 10.4 Å². The number of thiophene rings is 2. The average molecular weight is 700 g/mol. The van der Waals surface area contributed by atoms with Crippen molar-refractivity contribution in [1.29, 1.82) is 0 Å². The Morgan fingerprint density at radius 3 is 1.81 bits per heavy atom. The smallest absolute Gasteiger partial charge is 0.135 e. The monoisotopic (exact) mass is 699 g/mol. The number of rotatable bonds is 5. The van der Waals surface area contributed by atoms with Crippen LogP contribution in [0, 0.1) is 0 Å². The number of furan rings is 1. The van der Waals surface area contributed by atoms with E-state index in [1.807, 2.05) is 22.7 Å². The SMILES string of the molecule is c1ccc(-c2ccc3oc4ccc(N(c5ccc6sc7ccccc7c6c5)c5cccc6c5sc5c(-c7ccccc7)cccc56)cc4c3c2)cc1. The zero-order chi connectivity index (χ0) is 34.2. The molecule has 0 aliphatic rings. The predicted molar refractivity (Wildman–Crippen MR) is 225 cm³/mol. The molecule has 2 nitrogen and oxygen atoms in total. The maximum Gasteiger partial charge on any atom is 0.135 e. The van der Waals surface area contributed by atoms with Crippen LogP contribution in [0.25, 0.3) is 84.5 Å². The maximum absolute atomic E-state index is 6.44. The molecule has 11 aromatic rings. The normalized spacial score (nSPS) is 11.8. The molecule has 0 N–H and O–H groups in total. The highest BCUT2D eigenvalue weighted by Gasteiger charge is 2.21. The van der Waals surface area contributed by atoms with Gasteiger partial charge in [0, 0.05) is 57.8 Å². The minimum absolute atomic E-state index is 0.885. The zero-order valence-electron chi connectivity index (χ0n) is 27.9. The third kappa shape index (κ3) is 4.62. The van der Waals surface area contributed by atoms with Gasteiger partial charge in [-0.2, -0.15) is 0 Å². The number of fused-ring (bicyclic) bond motifs is 9. The summed E-state index contributed by atoms with van der Waals surface area (Å²) >= 11 is 3.74. The van der Waals surface area contributed by atoms with E-state index in [0.717, 1.165) is 39.0 Å². The van der Waals surface area contributed by atoms with Gasteiger partial charge in [-0.1, -0.05) is 115 Å². The van der Waals surface area contributed by atoms with Gasteiger partial charge >= 0.3 is 0 Å². The Kier molecular flexibility index (Phi) is 6.63. The summed E-state index contributed by atoms with van der Waals surface area (Å²) < 4.78 is 11.6. The van der Waals surface area contributed by atoms with Crippen LogP contribution in [0.5, 0.6) is 0 Å². The van der Waals surface area contributed by atoms with Crippen molar-refractivity contribution in [3.63, 3.8) is 0 Å². The van der Waals surface area contributed by atoms with Crippen molar-refractivity contribution in [3.05, 3.63) is 176 Å². The molecule has 0 bridgehead atoms. The summed E-state index contributed by atoms with van der Waals surface area (Å²) in [5, 5.41) is 7.34. The molecule has 0 atom stereocenters. The molecule has 4 heteroatoms. The Morgan fingerprint density at radius 1 is 0.365 bits per heavy atom. The quantitative estimate of drug-likeness (QED) is 0.178. The number of nitrogens with zero attached hydrogens (tertiary/aromatic N) is 1. The summed E-state index contributed by atoms with van der Waals surface area (Å²) in [6.07, 6.45) is 0. The molecule has 11 rings (SSSR count). The molecule has 0 saturated heterocycles. The van der Waals surface area contributed by atoms with E-state index in [9.17, 15) is 0 Å². The summed E-state index contributed by atoms with van der Waals surface area (Å²) in [7, 11) is 0. The summed E-state index contributed by atoms with van der Waals surface area (Å²) in [4.78, 5) is 2.45. The van der Waals surface area contributed by atoms with E-state index < -0.39 is 0 Å². The lowest BCUT2D eigenvalue weighted by atomic mass is 10.0. The third-order valence-corrected chi connectivity index (χ3v) is 12.7. The summed E-state index contributed by atoms with van der Waals surface area (Å²) in [5.41, 5.74) is 10.0. The molecule has 0 spiro atoms. The van der Waals surface area contributed by atoms with Crippen LogP contribution >= 0.6 is 22.7 Å².